The molecular formula is C13H16Cl2N2O2S. The predicted octanol–water partition coefficient (Wildman–Crippen LogP) is 2.76. The minimum absolute atomic E-state index is 0.256. The molecule has 7 heteroatoms. The maximum atomic E-state index is 12.5. The third kappa shape index (κ3) is 4.90. The molecular weight excluding hydrogens is 319 g/mol. The molecule has 2 N–H and O–H groups in total. The molecule has 4 nitrogen and oxygen atoms in total. The summed E-state index contributed by atoms with van der Waals surface area (Å²) in [6, 6.07) is 4.95. The van der Waals surface area contributed by atoms with Gasteiger partial charge in [-0.3, -0.25) is 4.79 Å². The lowest BCUT2D eigenvalue weighted by molar-refractivity contribution is 0.0701. The molecule has 0 aliphatic carbocycles. The summed E-state index contributed by atoms with van der Waals surface area (Å²) in [5, 5.41) is 0.639. The van der Waals surface area contributed by atoms with E-state index in [9.17, 15) is 4.79 Å². The molecule has 1 aromatic carbocycles. The van der Waals surface area contributed by atoms with E-state index in [-0.39, 0.29) is 11.5 Å². The summed E-state index contributed by atoms with van der Waals surface area (Å²) in [4.78, 5) is 14.5. The number of hydrogen-bond acceptors (Lipinski definition) is 3. The molecule has 0 aliphatic rings. The van der Waals surface area contributed by atoms with Crippen molar-refractivity contribution in [3.63, 3.8) is 0 Å². The van der Waals surface area contributed by atoms with Crippen LogP contribution in [-0.4, -0.2) is 42.6 Å². The van der Waals surface area contributed by atoms with Crippen LogP contribution in [0.25, 0.3) is 0 Å². The van der Waals surface area contributed by atoms with Gasteiger partial charge in [-0.25, -0.2) is 0 Å². The molecule has 20 heavy (non-hydrogen) atoms. The second kappa shape index (κ2) is 8.42. The first-order chi connectivity index (χ1) is 9.47. The Kier molecular flexibility index (Phi) is 7.23. The van der Waals surface area contributed by atoms with Gasteiger partial charge < -0.3 is 15.4 Å². The first kappa shape index (κ1) is 17.2. The SMILES string of the molecule is COCCN(CCC(N)=S)C(=O)c1c(Cl)cccc1Cl. The fourth-order valence-corrected chi connectivity index (χ4v) is 2.27. The van der Waals surface area contributed by atoms with Crippen LogP contribution in [0, 0.1) is 0 Å². The fourth-order valence-electron chi connectivity index (χ4n) is 1.62. The number of halogens is 2. The van der Waals surface area contributed by atoms with Gasteiger partial charge in [0.25, 0.3) is 5.91 Å². The molecule has 1 aromatic rings. The van der Waals surface area contributed by atoms with Crippen molar-refractivity contribution >= 4 is 46.3 Å². The second-order valence-corrected chi connectivity index (χ2v) is 5.44. The Morgan fingerprint density at radius 1 is 1.35 bits per heavy atom. The van der Waals surface area contributed by atoms with Crippen LogP contribution in [-0.2, 0) is 4.74 Å². The van der Waals surface area contributed by atoms with Crippen molar-refractivity contribution in [2.45, 2.75) is 6.42 Å². The van der Waals surface area contributed by atoms with Gasteiger partial charge in [-0.15, -0.1) is 0 Å². The Balaban J connectivity index is 2.93. The van der Waals surface area contributed by atoms with E-state index >= 15 is 0 Å². The van der Waals surface area contributed by atoms with Crippen LogP contribution < -0.4 is 5.73 Å². The van der Waals surface area contributed by atoms with Crippen LogP contribution in [0.4, 0.5) is 0 Å². The lowest BCUT2D eigenvalue weighted by Gasteiger charge is -2.23. The summed E-state index contributed by atoms with van der Waals surface area (Å²) < 4.78 is 5.00. The molecule has 1 rings (SSSR count). The van der Waals surface area contributed by atoms with E-state index in [0.29, 0.717) is 41.2 Å². The van der Waals surface area contributed by atoms with Crippen LogP contribution in [0.3, 0.4) is 0 Å². The third-order valence-electron chi connectivity index (χ3n) is 2.66. The highest BCUT2D eigenvalue weighted by atomic mass is 35.5. The van der Waals surface area contributed by atoms with Gasteiger partial charge in [-0.05, 0) is 12.1 Å². The van der Waals surface area contributed by atoms with E-state index in [4.69, 9.17) is 45.9 Å². The molecule has 0 aliphatic heterocycles. The second-order valence-electron chi connectivity index (χ2n) is 4.10. The molecule has 0 aromatic heterocycles. The fraction of sp³-hybridized carbons (Fsp3) is 0.385. The minimum atomic E-state index is -0.256. The van der Waals surface area contributed by atoms with Crippen molar-refractivity contribution in [1.29, 1.82) is 0 Å². The first-order valence-corrected chi connectivity index (χ1v) is 7.14. The number of carbonyl (C=O) groups excluding carboxylic acids is 1. The van der Waals surface area contributed by atoms with Gasteiger partial charge in [0.1, 0.15) is 0 Å². The number of thiocarbonyl (C=S) groups is 1. The number of amides is 1. The number of nitrogens with zero attached hydrogens (tertiary/aromatic N) is 1. The quantitative estimate of drug-likeness (QED) is 0.779. The highest BCUT2D eigenvalue weighted by Gasteiger charge is 2.21. The topological polar surface area (TPSA) is 55.6 Å². The zero-order chi connectivity index (χ0) is 15.1. The minimum Gasteiger partial charge on any atom is -0.393 e. The van der Waals surface area contributed by atoms with Crippen molar-refractivity contribution in [3.05, 3.63) is 33.8 Å². The Bertz CT molecular complexity index is 477. The first-order valence-electron chi connectivity index (χ1n) is 5.98. The average molecular weight is 335 g/mol. The lowest BCUT2D eigenvalue weighted by atomic mass is 10.2. The standard InChI is InChI=1S/C13H16Cl2N2O2S/c1-19-8-7-17(6-5-11(16)20)13(18)12-9(14)3-2-4-10(12)15/h2-4H,5-8H2,1H3,(H2,16,20). The van der Waals surface area contributed by atoms with E-state index in [1.807, 2.05) is 0 Å². The van der Waals surface area contributed by atoms with E-state index in [2.05, 4.69) is 0 Å². The number of carbonyl (C=O) groups is 1. The summed E-state index contributed by atoms with van der Waals surface area (Å²) in [5.74, 6) is -0.256. The van der Waals surface area contributed by atoms with Crippen LogP contribution in [0.5, 0.6) is 0 Å². The van der Waals surface area contributed by atoms with Crippen LogP contribution >= 0.6 is 35.4 Å². The van der Waals surface area contributed by atoms with E-state index in [1.165, 1.54) is 0 Å². The van der Waals surface area contributed by atoms with Gasteiger partial charge in [0.15, 0.2) is 0 Å². The van der Waals surface area contributed by atoms with Crippen molar-refractivity contribution in [3.8, 4) is 0 Å². The van der Waals surface area contributed by atoms with Crippen molar-refractivity contribution in [2.24, 2.45) is 5.73 Å². The van der Waals surface area contributed by atoms with E-state index < -0.39 is 0 Å². The number of rotatable bonds is 7. The van der Waals surface area contributed by atoms with Crippen LogP contribution in [0.15, 0.2) is 18.2 Å². The number of benzene rings is 1. The maximum Gasteiger partial charge on any atom is 0.256 e. The highest BCUT2D eigenvalue weighted by Crippen LogP contribution is 2.25. The molecule has 0 saturated carbocycles. The molecule has 0 bridgehead atoms. The van der Waals surface area contributed by atoms with E-state index in [1.54, 1.807) is 30.2 Å². The van der Waals surface area contributed by atoms with Gasteiger partial charge in [-0.1, -0.05) is 41.5 Å². The van der Waals surface area contributed by atoms with Crippen molar-refractivity contribution < 1.29 is 9.53 Å². The molecule has 0 saturated heterocycles. The number of nitrogens with two attached hydrogens (primary N) is 1. The number of hydrogen-bond donors (Lipinski definition) is 1. The molecule has 110 valence electrons. The van der Waals surface area contributed by atoms with Crippen LogP contribution in [0.1, 0.15) is 16.8 Å². The highest BCUT2D eigenvalue weighted by molar-refractivity contribution is 7.80. The van der Waals surface area contributed by atoms with Gasteiger partial charge in [0.05, 0.1) is 27.2 Å². The van der Waals surface area contributed by atoms with Gasteiger partial charge >= 0.3 is 0 Å². The number of ether oxygens (including phenoxy) is 1. The van der Waals surface area contributed by atoms with Crippen LogP contribution in [0.2, 0.25) is 10.0 Å². The van der Waals surface area contributed by atoms with Crippen molar-refractivity contribution in [2.75, 3.05) is 26.8 Å². The Morgan fingerprint density at radius 3 is 2.45 bits per heavy atom. The largest absolute Gasteiger partial charge is 0.393 e. The summed E-state index contributed by atoms with van der Waals surface area (Å²) in [6.07, 6.45) is 0.437. The summed E-state index contributed by atoms with van der Waals surface area (Å²) in [6.45, 7) is 1.23. The number of methoxy groups -OCH3 is 1. The average Bonchev–Trinajstić information content (AvgIpc) is 2.38. The Labute approximate surface area is 133 Å². The van der Waals surface area contributed by atoms with Gasteiger partial charge in [-0.2, -0.15) is 0 Å². The third-order valence-corrected chi connectivity index (χ3v) is 3.49. The predicted molar refractivity (Wildman–Crippen MR) is 85.6 cm³/mol. The lowest BCUT2D eigenvalue weighted by Crippen LogP contribution is -2.36. The molecule has 0 spiro atoms. The zero-order valence-electron chi connectivity index (χ0n) is 11.1. The molecule has 0 heterocycles. The summed E-state index contributed by atoms with van der Waals surface area (Å²) in [7, 11) is 1.57. The van der Waals surface area contributed by atoms with Crippen molar-refractivity contribution in [1.82, 2.24) is 4.90 Å². The van der Waals surface area contributed by atoms with Gasteiger partial charge in [0, 0.05) is 26.6 Å². The smallest absolute Gasteiger partial charge is 0.256 e. The monoisotopic (exact) mass is 334 g/mol. The zero-order valence-corrected chi connectivity index (χ0v) is 13.4. The van der Waals surface area contributed by atoms with E-state index in [0.717, 1.165) is 0 Å². The molecule has 0 unspecified atom stereocenters. The molecule has 0 fully saturated rings. The Hall–Kier alpha value is -0.880. The molecule has 0 atom stereocenters. The summed E-state index contributed by atoms with van der Waals surface area (Å²) >= 11 is 16.9. The Morgan fingerprint density at radius 2 is 1.95 bits per heavy atom. The maximum absolute atomic E-state index is 12.5. The summed E-state index contributed by atoms with van der Waals surface area (Å²) in [5.41, 5.74) is 5.77. The van der Waals surface area contributed by atoms with Gasteiger partial charge in [0.2, 0.25) is 0 Å². The molecule has 0 radical (unpaired) electrons. The normalized spacial score (nSPS) is 10.3. The molecule has 1 amide bonds.